The molecular weight excluding hydrogens is 376 g/mol. The van der Waals surface area contributed by atoms with Crippen molar-refractivity contribution in [1.29, 1.82) is 5.26 Å². The third-order valence-corrected chi connectivity index (χ3v) is 5.30. The minimum absolute atomic E-state index is 0.0703. The molecule has 152 valence electrons. The molecule has 0 spiro atoms. The van der Waals surface area contributed by atoms with Crippen LogP contribution in [0, 0.1) is 23.0 Å². The minimum atomic E-state index is -0.552. The van der Waals surface area contributed by atoms with Gasteiger partial charge in [-0.15, -0.1) is 0 Å². The van der Waals surface area contributed by atoms with Crippen LogP contribution in [0.15, 0.2) is 42.5 Å². The molecule has 0 aliphatic carbocycles. The van der Waals surface area contributed by atoms with Crippen LogP contribution in [0.2, 0.25) is 0 Å². The van der Waals surface area contributed by atoms with E-state index in [0.29, 0.717) is 24.3 Å². The van der Waals surface area contributed by atoms with Gasteiger partial charge in [-0.3, -0.25) is 9.80 Å². The fourth-order valence-electron chi connectivity index (χ4n) is 3.98. The maximum Gasteiger partial charge on any atom is 0.130 e. The van der Waals surface area contributed by atoms with E-state index >= 15 is 0 Å². The van der Waals surface area contributed by atoms with E-state index in [4.69, 9.17) is 14.7 Å². The maximum absolute atomic E-state index is 13.9. The number of hydrogen-bond donors (Lipinski definition) is 0. The predicted molar refractivity (Wildman–Crippen MR) is 103 cm³/mol. The van der Waals surface area contributed by atoms with Crippen LogP contribution in [-0.2, 0) is 11.3 Å². The Balaban J connectivity index is 1.25. The molecule has 2 fully saturated rings. The SMILES string of the molecule is N#Cc1ccc(OCCN2CC3CN(Cc4ccc(F)cc4F)CC(C2)O3)cc1. The largest absolute Gasteiger partial charge is 0.492 e. The molecule has 5 nitrogen and oxygen atoms in total. The fourth-order valence-corrected chi connectivity index (χ4v) is 3.98. The summed E-state index contributed by atoms with van der Waals surface area (Å²) in [5.41, 5.74) is 1.13. The summed E-state index contributed by atoms with van der Waals surface area (Å²) in [5, 5.41) is 8.83. The molecule has 0 aromatic heterocycles. The molecule has 2 aromatic rings. The van der Waals surface area contributed by atoms with Gasteiger partial charge in [-0.05, 0) is 30.3 Å². The molecule has 0 saturated carbocycles. The summed E-state index contributed by atoms with van der Waals surface area (Å²) in [6.45, 7) is 4.87. The van der Waals surface area contributed by atoms with Crippen molar-refractivity contribution in [2.75, 3.05) is 39.3 Å². The molecule has 0 radical (unpaired) electrons. The van der Waals surface area contributed by atoms with Crippen molar-refractivity contribution >= 4 is 0 Å². The quantitative estimate of drug-likeness (QED) is 0.748. The maximum atomic E-state index is 13.9. The molecule has 2 atom stereocenters. The zero-order valence-corrected chi connectivity index (χ0v) is 16.1. The van der Waals surface area contributed by atoms with Gasteiger partial charge in [-0.2, -0.15) is 5.26 Å². The van der Waals surface area contributed by atoms with Gasteiger partial charge < -0.3 is 9.47 Å². The van der Waals surface area contributed by atoms with Crippen LogP contribution >= 0.6 is 0 Å². The molecule has 2 bridgehead atoms. The van der Waals surface area contributed by atoms with E-state index in [9.17, 15) is 8.78 Å². The molecule has 4 rings (SSSR count). The zero-order valence-electron chi connectivity index (χ0n) is 16.1. The lowest BCUT2D eigenvalue weighted by molar-refractivity contribution is -0.141. The average Bonchev–Trinajstić information content (AvgIpc) is 2.70. The van der Waals surface area contributed by atoms with Gasteiger partial charge in [-0.1, -0.05) is 6.07 Å². The van der Waals surface area contributed by atoms with Crippen LogP contribution in [0.4, 0.5) is 8.78 Å². The molecule has 2 unspecified atom stereocenters. The van der Waals surface area contributed by atoms with Crippen molar-refractivity contribution in [2.24, 2.45) is 0 Å². The highest BCUT2D eigenvalue weighted by molar-refractivity contribution is 5.34. The van der Waals surface area contributed by atoms with Gasteiger partial charge in [0.05, 0.1) is 23.8 Å². The van der Waals surface area contributed by atoms with E-state index in [1.807, 2.05) is 0 Å². The first-order valence-electron chi connectivity index (χ1n) is 9.76. The number of rotatable bonds is 6. The second-order valence-electron chi connectivity index (χ2n) is 7.55. The van der Waals surface area contributed by atoms with Crippen molar-refractivity contribution in [3.63, 3.8) is 0 Å². The van der Waals surface area contributed by atoms with Crippen LogP contribution in [0.3, 0.4) is 0 Å². The van der Waals surface area contributed by atoms with Crippen LogP contribution in [-0.4, -0.2) is 61.3 Å². The summed E-state index contributed by atoms with van der Waals surface area (Å²) in [7, 11) is 0. The lowest BCUT2D eigenvalue weighted by Gasteiger charge is -2.45. The number of ether oxygens (including phenoxy) is 2. The zero-order chi connectivity index (χ0) is 20.2. The van der Waals surface area contributed by atoms with Crippen molar-refractivity contribution < 1.29 is 18.3 Å². The lowest BCUT2D eigenvalue weighted by atomic mass is 10.1. The molecule has 7 heteroatoms. The Labute approximate surface area is 169 Å². The molecule has 2 aliphatic rings. The number of nitriles is 1. The topological polar surface area (TPSA) is 48.7 Å². The van der Waals surface area contributed by atoms with Crippen molar-refractivity contribution in [3.8, 4) is 11.8 Å². The van der Waals surface area contributed by atoms with E-state index in [2.05, 4.69) is 15.9 Å². The van der Waals surface area contributed by atoms with Crippen molar-refractivity contribution in [3.05, 3.63) is 65.2 Å². The first-order valence-corrected chi connectivity index (χ1v) is 9.76. The molecule has 0 N–H and O–H groups in total. The molecule has 2 aromatic carbocycles. The van der Waals surface area contributed by atoms with Crippen LogP contribution in [0.5, 0.6) is 5.75 Å². The van der Waals surface area contributed by atoms with E-state index in [1.54, 1.807) is 24.3 Å². The van der Waals surface area contributed by atoms with Gasteiger partial charge in [0.2, 0.25) is 0 Å². The molecular formula is C22H23F2N3O2. The Morgan fingerprint density at radius 2 is 1.69 bits per heavy atom. The summed E-state index contributed by atoms with van der Waals surface area (Å²) < 4.78 is 38.9. The number of halogens is 2. The van der Waals surface area contributed by atoms with Gasteiger partial charge in [0.1, 0.15) is 24.0 Å². The van der Waals surface area contributed by atoms with Crippen LogP contribution in [0.1, 0.15) is 11.1 Å². The molecule has 2 aliphatic heterocycles. The first kappa shape index (κ1) is 19.8. The average molecular weight is 399 g/mol. The van der Waals surface area contributed by atoms with Crippen LogP contribution in [0.25, 0.3) is 0 Å². The summed E-state index contributed by atoms with van der Waals surface area (Å²) in [4.78, 5) is 4.51. The van der Waals surface area contributed by atoms with Gasteiger partial charge in [0, 0.05) is 50.9 Å². The highest BCUT2D eigenvalue weighted by Gasteiger charge is 2.34. The molecule has 2 saturated heterocycles. The smallest absolute Gasteiger partial charge is 0.130 e. The van der Waals surface area contributed by atoms with Gasteiger partial charge in [-0.25, -0.2) is 8.78 Å². The molecule has 29 heavy (non-hydrogen) atoms. The third kappa shape index (κ3) is 5.10. The minimum Gasteiger partial charge on any atom is -0.492 e. The second-order valence-corrected chi connectivity index (χ2v) is 7.55. The number of fused-ring (bicyclic) bond motifs is 2. The van der Waals surface area contributed by atoms with Crippen molar-refractivity contribution in [1.82, 2.24) is 9.80 Å². The van der Waals surface area contributed by atoms with E-state index in [0.717, 1.165) is 44.5 Å². The Kier molecular flexibility index (Phi) is 6.05. The van der Waals surface area contributed by atoms with Gasteiger partial charge in [0.15, 0.2) is 0 Å². The monoisotopic (exact) mass is 399 g/mol. The van der Waals surface area contributed by atoms with Crippen LogP contribution < -0.4 is 4.74 Å². The Hall–Kier alpha value is -2.53. The summed E-state index contributed by atoms with van der Waals surface area (Å²) in [6, 6.07) is 12.9. The number of hydrogen-bond acceptors (Lipinski definition) is 5. The van der Waals surface area contributed by atoms with E-state index in [-0.39, 0.29) is 12.2 Å². The summed E-state index contributed by atoms with van der Waals surface area (Å²) in [5.74, 6) is -0.294. The standard InChI is InChI=1S/C22H23F2N3O2/c23-18-4-3-17(22(24)9-18)11-27-14-20-12-26(13-21(15-27)29-20)7-8-28-19-5-1-16(10-25)2-6-19/h1-6,9,20-21H,7-8,11-15H2. The van der Waals surface area contributed by atoms with E-state index < -0.39 is 11.6 Å². The predicted octanol–water partition coefficient (Wildman–Crippen LogP) is 2.80. The van der Waals surface area contributed by atoms with Gasteiger partial charge >= 0.3 is 0 Å². The number of morpholine rings is 2. The van der Waals surface area contributed by atoms with Crippen molar-refractivity contribution in [2.45, 2.75) is 18.8 Å². The number of benzene rings is 2. The normalized spacial score (nSPS) is 22.2. The Bertz CT molecular complexity index is 871. The lowest BCUT2D eigenvalue weighted by Crippen LogP contribution is -2.59. The van der Waals surface area contributed by atoms with E-state index in [1.165, 1.54) is 12.1 Å². The summed E-state index contributed by atoms with van der Waals surface area (Å²) >= 11 is 0. The Morgan fingerprint density at radius 1 is 1.00 bits per heavy atom. The highest BCUT2D eigenvalue weighted by atomic mass is 19.1. The molecule has 2 heterocycles. The van der Waals surface area contributed by atoms with Gasteiger partial charge in [0.25, 0.3) is 0 Å². The first-order chi connectivity index (χ1) is 14.1. The highest BCUT2D eigenvalue weighted by Crippen LogP contribution is 2.22. The number of nitrogens with zero attached hydrogens (tertiary/aromatic N) is 3. The fraction of sp³-hybridized carbons (Fsp3) is 0.409. The summed E-state index contributed by atoms with van der Waals surface area (Å²) in [6.07, 6.45) is 0.141. The Morgan fingerprint density at radius 3 is 2.34 bits per heavy atom. The third-order valence-electron chi connectivity index (χ3n) is 5.30. The molecule has 0 amide bonds. The second kappa shape index (κ2) is 8.87.